The van der Waals surface area contributed by atoms with Crippen LogP contribution in [-0.4, -0.2) is 19.9 Å². The van der Waals surface area contributed by atoms with Crippen LogP contribution in [0.2, 0.25) is 0 Å². The van der Waals surface area contributed by atoms with Gasteiger partial charge < -0.3 is 10.1 Å². The van der Waals surface area contributed by atoms with Gasteiger partial charge in [-0.15, -0.1) is 0 Å². The quantitative estimate of drug-likeness (QED) is 0.301. The van der Waals surface area contributed by atoms with Gasteiger partial charge in [0, 0.05) is 32.3 Å². The first-order chi connectivity index (χ1) is 14.7. The summed E-state index contributed by atoms with van der Waals surface area (Å²) in [7, 11) is 0. The standard InChI is InChI=1S/C23H16IN5O/c1-14-8-17(29-23-19-9-16(24)3-6-20(19)27-13-28-23)4-7-22(14)30-18-5-2-15-11-25-12-26-21(15)10-18/h2-13H,1H3,(H,27,28,29). The van der Waals surface area contributed by atoms with Crippen molar-refractivity contribution >= 4 is 55.9 Å². The molecule has 0 saturated carbocycles. The van der Waals surface area contributed by atoms with Crippen molar-refractivity contribution in [2.45, 2.75) is 6.92 Å². The van der Waals surface area contributed by atoms with Crippen molar-refractivity contribution in [3.63, 3.8) is 0 Å². The lowest BCUT2D eigenvalue weighted by molar-refractivity contribution is 0.479. The molecule has 5 aromatic rings. The van der Waals surface area contributed by atoms with Gasteiger partial charge in [-0.05, 0) is 83.6 Å². The van der Waals surface area contributed by atoms with Crippen LogP contribution in [-0.2, 0) is 0 Å². The molecule has 0 atom stereocenters. The molecule has 2 heterocycles. The normalized spacial score (nSPS) is 11.0. The summed E-state index contributed by atoms with van der Waals surface area (Å²) in [4.78, 5) is 17.1. The lowest BCUT2D eigenvalue weighted by atomic mass is 10.2. The summed E-state index contributed by atoms with van der Waals surface area (Å²) in [6, 6.07) is 17.9. The molecule has 0 spiro atoms. The van der Waals surface area contributed by atoms with E-state index >= 15 is 0 Å². The molecule has 0 aliphatic rings. The van der Waals surface area contributed by atoms with Gasteiger partial charge in [-0.1, -0.05) is 0 Å². The third-order valence-electron chi connectivity index (χ3n) is 4.74. The van der Waals surface area contributed by atoms with Gasteiger partial charge in [0.2, 0.25) is 0 Å². The maximum absolute atomic E-state index is 6.09. The molecular weight excluding hydrogens is 489 g/mol. The Bertz CT molecular complexity index is 1390. The molecule has 3 aromatic carbocycles. The van der Waals surface area contributed by atoms with Crippen molar-refractivity contribution in [2.24, 2.45) is 0 Å². The van der Waals surface area contributed by atoms with E-state index in [0.717, 1.165) is 53.9 Å². The molecule has 1 N–H and O–H groups in total. The highest BCUT2D eigenvalue weighted by atomic mass is 127. The van der Waals surface area contributed by atoms with Crippen LogP contribution < -0.4 is 10.1 Å². The van der Waals surface area contributed by atoms with Gasteiger partial charge in [0.05, 0.1) is 11.0 Å². The summed E-state index contributed by atoms with van der Waals surface area (Å²) in [6.45, 7) is 2.02. The predicted molar refractivity (Wildman–Crippen MR) is 126 cm³/mol. The van der Waals surface area contributed by atoms with Gasteiger partial charge in [0.15, 0.2) is 0 Å². The smallest absolute Gasteiger partial charge is 0.141 e. The summed E-state index contributed by atoms with van der Waals surface area (Å²) in [6.07, 6.45) is 4.90. The zero-order valence-electron chi connectivity index (χ0n) is 16.0. The molecule has 30 heavy (non-hydrogen) atoms. The fraction of sp³-hybridized carbons (Fsp3) is 0.0435. The fourth-order valence-corrected chi connectivity index (χ4v) is 3.74. The second-order valence-corrected chi connectivity index (χ2v) is 8.08. The van der Waals surface area contributed by atoms with E-state index in [-0.39, 0.29) is 0 Å². The Morgan fingerprint density at radius 2 is 1.77 bits per heavy atom. The lowest BCUT2D eigenvalue weighted by Crippen LogP contribution is -1.97. The van der Waals surface area contributed by atoms with E-state index in [0.29, 0.717) is 0 Å². The van der Waals surface area contributed by atoms with Crippen molar-refractivity contribution in [1.29, 1.82) is 0 Å². The first-order valence-corrected chi connectivity index (χ1v) is 10.4. The number of nitrogens with zero attached hydrogens (tertiary/aromatic N) is 4. The van der Waals surface area contributed by atoms with E-state index in [2.05, 4.69) is 53.9 Å². The molecule has 0 radical (unpaired) electrons. The minimum Gasteiger partial charge on any atom is -0.457 e. The molecule has 146 valence electrons. The van der Waals surface area contributed by atoms with Crippen LogP contribution in [0.15, 0.2) is 73.4 Å². The van der Waals surface area contributed by atoms with E-state index in [1.54, 1.807) is 12.5 Å². The van der Waals surface area contributed by atoms with E-state index in [4.69, 9.17) is 4.74 Å². The Labute approximate surface area is 186 Å². The molecule has 0 aliphatic heterocycles. The van der Waals surface area contributed by atoms with Gasteiger partial charge in [0.1, 0.15) is 30.0 Å². The van der Waals surface area contributed by atoms with Crippen LogP contribution in [0, 0.1) is 10.5 Å². The van der Waals surface area contributed by atoms with Crippen LogP contribution in [0.5, 0.6) is 11.5 Å². The summed E-state index contributed by atoms with van der Waals surface area (Å²) in [5, 5.41) is 5.37. The van der Waals surface area contributed by atoms with Gasteiger partial charge >= 0.3 is 0 Å². The number of aryl methyl sites for hydroxylation is 1. The van der Waals surface area contributed by atoms with Crippen LogP contribution in [0.1, 0.15) is 5.56 Å². The minimum absolute atomic E-state index is 0.737. The lowest BCUT2D eigenvalue weighted by Gasteiger charge is -2.13. The molecule has 0 bridgehead atoms. The second-order valence-electron chi connectivity index (χ2n) is 6.83. The summed E-state index contributed by atoms with van der Waals surface area (Å²) < 4.78 is 7.23. The number of hydrogen-bond donors (Lipinski definition) is 1. The molecule has 0 fully saturated rings. The number of rotatable bonds is 4. The number of anilines is 2. The highest BCUT2D eigenvalue weighted by Crippen LogP contribution is 2.31. The third-order valence-corrected chi connectivity index (χ3v) is 5.41. The largest absolute Gasteiger partial charge is 0.457 e. The monoisotopic (exact) mass is 505 g/mol. The van der Waals surface area contributed by atoms with E-state index in [9.17, 15) is 0 Å². The average molecular weight is 505 g/mol. The number of ether oxygens (including phenoxy) is 1. The van der Waals surface area contributed by atoms with Gasteiger partial charge in [0.25, 0.3) is 0 Å². The molecule has 2 aromatic heterocycles. The van der Waals surface area contributed by atoms with E-state index in [1.807, 2.05) is 55.5 Å². The zero-order valence-corrected chi connectivity index (χ0v) is 18.2. The van der Waals surface area contributed by atoms with Crippen molar-refractivity contribution in [3.05, 3.63) is 82.6 Å². The molecule has 0 aliphatic carbocycles. The van der Waals surface area contributed by atoms with Crippen LogP contribution in [0.4, 0.5) is 11.5 Å². The number of benzene rings is 3. The number of fused-ring (bicyclic) bond motifs is 2. The minimum atomic E-state index is 0.737. The number of halogens is 1. The van der Waals surface area contributed by atoms with Crippen LogP contribution in [0.25, 0.3) is 21.8 Å². The molecule has 0 amide bonds. The first kappa shape index (κ1) is 18.7. The Morgan fingerprint density at radius 1 is 0.867 bits per heavy atom. The van der Waals surface area contributed by atoms with Crippen molar-refractivity contribution in [1.82, 2.24) is 19.9 Å². The highest BCUT2D eigenvalue weighted by Gasteiger charge is 2.08. The predicted octanol–water partition coefficient (Wildman–Crippen LogP) is 6.02. The first-order valence-electron chi connectivity index (χ1n) is 9.31. The Balaban J connectivity index is 1.41. The third kappa shape index (κ3) is 3.76. The van der Waals surface area contributed by atoms with Crippen molar-refractivity contribution < 1.29 is 4.74 Å². The molecule has 0 unspecified atom stereocenters. The van der Waals surface area contributed by atoms with Crippen molar-refractivity contribution in [2.75, 3.05) is 5.32 Å². The molecule has 7 heteroatoms. The summed E-state index contributed by atoms with van der Waals surface area (Å²) in [5.41, 5.74) is 3.70. The van der Waals surface area contributed by atoms with Gasteiger partial charge in [-0.3, -0.25) is 0 Å². The maximum atomic E-state index is 6.09. The van der Waals surface area contributed by atoms with Gasteiger partial charge in [-0.25, -0.2) is 19.9 Å². The fourth-order valence-electron chi connectivity index (χ4n) is 3.25. The molecular formula is C23H16IN5O. The number of aromatic nitrogens is 4. The summed E-state index contributed by atoms with van der Waals surface area (Å²) in [5.74, 6) is 2.30. The Hall–Kier alpha value is -3.33. The molecule has 6 nitrogen and oxygen atoms in total. The number of hydrogen-bond acceptors (Lipinski definition) is 6. The van der Waals surface area contributed by atoms with Crippen LogP contribution in [0.3, 0.4) is 0 Å². The Kier molecular flexibility index (Phi) is 4.88. The summed E-state index contributed by atoms with van der Waals surface area (Å²) >= 11 is 2.29. The molecule has 0 saturated heterocycles. The Morgan fingerprint density at radius 3 is 2.67 bits per heavy atom. The maximum Gasteiger partial charge on any atom is 0.141 e. The molecule has 5 rings (SSSR count). The van der Waals surface area contributed by atoms with Crippen molar-refractivity contribution in [3.8, 4) is 11.5 Å². The van der Waals surface area contributed by atoms with E-state index < -0.39 is 0 Å². The second kappa shape index (κ2) is 7.83. The highest BCUT2D eigenvalue weighted by molar-refractivity contribution is 14.1. The van der Waals surface area contributed by atoms with Gasteiger partial charge in [-0.2, -0.15) is 0 Å². The topological polar surface area (TPSA) is 72.8 Å². The zero-order chi connectivity index (χ0) is 20.5. The van der Waals surface area contributed by atoms with E-state index in [1.165, 1.54) is 6.33 Å². The average Bonchev–Trinajstić information content (AvgIpc) is 2.76. The SMILES string of the molecule is Cc1cc(Nc2ncnc3ccc(I)cc23)ccc1Oc1ccc2cncnc2c1. The number of nitrogens with one attached hydrogen (secondary N) is 1. The van der Waals surface area contributed by atoms with Crippen LogP contribution >= 0.6 is 22.6 Å².